The van der Waals surface area contributed by atoms with Gasteiger partial charge in [0.05, 0.1) is 12.4 Å². The lowest BCUT2D eigenvalue weighted by Gasteiger charge is -2.07. The fourth-order valence-electron chi connectivity index (χ4n) is 1.95. The fourth-order valence-corrected chi connectivity index (χ4v) is 2.58. The van der Waals surface area contributed by atoms with E-state index in [1.54, 1.807) is 23.9 Å². The van der Waals surface area contributed by atoms with Crippen molar-refractivity contribution in [1.29, 1.82) is 0 Å². The van der Waals surface area contributed by atoms with Crippen LogP contribution in [0, 0.1) is 5.82 Å². The molecule has 0 aliphatic carbocycles. The van der Waals surface area contributed by atoms with Crippen LogP contribution in [0.5, 0.6) is 5.75 Å². The van der Waals surface area contributed by atoms with Gasteiger partial charge in [-0.3, -0.25) is 4.79 Å². The van der Waals surface area contributed by atoms with Crippen molar-refractivity contribution < 1.29 is 13.9 Å². The number of rotatable bonds is 9. The van der Waals surface area contributed by atoms with Crippen LogP contribution in [0.3, 0.4) is 0 Å². The molecule has 2 aromatic rings. The molecule has 0 saturated carbocycles. The molecule has 0 bridgehead atoms. The van der Waals surface area contributed by atoms with Crippen LogP contribution < -0.4 is 10.1 Å². The maximum absolute atomic E-state index is 12.8. The Kier molecular flexibility index (Phi) is 7.46. The molecular weight excluding hydrogens is 313 g/mol. The lowest BCUT2D eigenvalue weighted by Crippen LogP contribution is -2.27. The zero-order valence-corrected chi connectivity index (χ0v) is 13.7. The number of ether oxygens (including phenoxy) is 1. The highest BCUT2D eigenvalue weighted by molar-refractivity contribution is 7.99. The fraction of sp³-hybridized carbons (Fsp3) is 0.278. The summed E-state index contributed by atoms with van der Waals surface area (Å²) in [6.07, 6.45) is 0.702. The van der Waals surface area contributed by atoms with Crippen LogP contribution in [-0.2, 0) is 11.2 Å². The van der Waals surface area contributed by atoms with E-state index in [4.69, 9.17) is 4.74 Å². The molecule has 0 saturated heterocycles. The van der Waals surface area contributed by atoms with E-state index in [1.165, 1.54) is 12.1 Å². The van der Waals surface area contributed by atoms with Gasteiger partial charge in [0.25, 0.3) is 0 Å². The van der Waals surface area contributed by atoms with E-state index in [0.29, 0.717) is 25.3 Å². The quantitative estimate of drug-likeness (QED) is 0.716. The van der Waals surface area contributed by atoms with Crippen molar-refractivity contribution in [3.05, 3.63) is 66.0 Å². The van der Waals surface area contributed by atoms with Crippen LogP contribution in [-0.4, -0.2) is 30.6 Å². The van der Waals surface area contributed by atoms with Crippen molar-refractivity contribution in [3.8, 4) is 5.75 Å². The average molecular weight is 333 g/mol. The molecule has 0 unspecified atom stereocenters. The molecule has 0 radical (unpaired) electrons. The van der Waals surface area contributed by atoms with Crippen LogP contribution in [0.2, 0.25) is 0 Å². The number of carbonyl (C=O) groups is 1. The number of para-hydroxylation sites is 1. The molecule has 3 nitrogen and oxygen atoms in total. The first kappa shape index (κ1) is 17.3. The first-order chi connectivity index (χ1) is 11.2. The smallest absolute Gasteiger partial charge is 0.230 e. The van der Waals surface area contributed by atoms with Gasteiger partial charge in [-0.15, -0.1) is 11.8 Å². The zero-order valence-electron chi connectivity index (χ0n) is 12.8. The van der Waals surface area contributed by atoms with Crippen LogP contribution in [0.25, 0.3) is 0 Å². The van der Waals surface area contributed by atoms with Gasteiger partial charge in [0.1, 0.15) is 11.6 Å². The van der Waals surface area contributed by atoms with Crippen molar-refractivity contribution in [2.45, 2.75) is 6.42 Å². The lowest BCUT2D eigenvalue weighted by molar-refractivity contribution is -0.118. The number of amides is 1. The molecule has 0 atom stereocenters. The molecule has 0 aliphatic rings. The summed E-state index contributed by atoms with van der Waals surface area (Å²) in [5.74, 6) is 1.79. The van der Waals surface area contributed by atoms with Crippen molar-refractivity contribution in [3.63, 3.8) is 0 Å². The number of thioether (sulfide) groups is 1. The molecule has 0 aromatic heterocycles. The number of hydrogen-bond acceptors (Lipinski definition) is 3. The SMILES string of the molecule is O=C(CSCCOc1ccccc1)NCCc1ccc(F)cc1. The van der Waals surface area contributed by atoms with Gasteiger partial charge in [-0.2, -0.15) is 0 Å². The van der Waals surface area contributed by atoms with Crippen LogP contribution in [0.1, 0.15) is 5.56 Å². The summed E-state index contributed by atoms with van der Waals surface area (Å²) in [5.41, 5.74) is 1.01. The second-order valence-corrected chi connectivity index (χ2v) is 6.05. The Morgan fingerprint density at radius 1 is 1.09 bits per heavy atom. The van der Waals surface area contributed by atoms with E-state index in [0.717, 1.165) is 17.1 Å². The average Bonchev–Trinajstić information content (AvgIpc) is 2.57. The lowest BCUT2D eigenvalue weighted by atomic mass is 10.1. The number of benzene rings is 2. The first-order valence-corrected chi connectivity index (χ1v) is 8.66. The van der Waals surface area contributed by atoms with Gasteiger partial charge in [-0.25, -0.2) is 4.39 Å². The minimum atomic E-state index is -0.244. The van der Waals surface area contributed by atoms with Gasteiger partial charge in [-0.1, -0.05) is 30.3 Å². The van der Waals surface area contributed by atoms with E-state index in [2.05, 4.69) is 5.32 Å². The third-order valence-electron chi connectivity index (χ3n) is 3.12. The van der Waals surface area contributed by atoms with Gasteiger partial charge in [0.2, 0.25) is 5.91 Å². The Morgan fingerprint density at radius 3 is 2.57 bits per heavy atom. The predicted octanol–water partition coefficient (Wildman–Crippen LogP) is 3.30. The summed E-state index contributed by atoms with van der Waals surface area (Å²) in [5, 5.41) is 2.86. The number of halogens is 1. The van der Waals surface area contributed by atoms with Crippen molar-refractivity contribution in [2.24, 2.45) is 0 Å². The third-order valence-corrected chi connectivity index (χ3v) is 4.04. The van der Waals surface area contributed by atoms with E-state index in [-0.39, 0.29) is 11.7 Å². The van der Waals surface area contributed by atoms with Crippen molar-refractivity contribution in [1.82, 2.24) is 5.32 Å². The molecule has 2 rings (SSSR count). The third kappa shape index (κ3) is 7.19. The van der Waals surface area contributed by atoms with Gasteiger partial charge in [-0.05, 0) is 36.2 Å². The van der Waals surface area contributed by atoms with Crippen LogP contribution >= 0.6 is 11.8 Å². The molecule has 5 heteroatoms. The van der Waals surface area contributed by atoms with E-state index in [9.17, 15) is 9.18 Å². The molecule has 23 heavy (non-hydrogen) atoms. The molecule has 0 fully saturated rings. The van der Waals surface area contributed by atoms with Gasteiger partial charge >= 0.3 is 0 Å². The summed E-state index contributed by atoms with van der Waals surface area (Å²) in [7, 11) is 0. The maximum atomic E-state index is 12.8. The number of hydrogen-bond donors (Lipinski definition) is 1. The molecule has 0 aliphatic heterocycles. The maximum Gasteiger partial charge on any atom is 0.230 e. The highest BCUT2D eigenvalue weighted by atomic mass is 32.2. The van der Waals surface area contributed by atoms with Crippen molar-refractivity contribution in [2.75, 3.05) is 24.7 Å². The van der Waals surface area contributed by atoms with E-state index < -0.39 is 0 Å². The van der Waals surface area contributed by atoms with Gasteiger partial charge < -0.3 is 10.1 Å². The van der Waals surface area contributed by atoms with Crippen molar-refractivity contribution >= 4 is 17.7 Å². The summed E-state index contributed by atoms with van der Waals surface area (Å²) < 4.78 is 18.3. The van der Waals surface area contributed by atoms with Gasteiger partial charge in [0.15, 0.2) is 0 Å². The molecule has 1 amide bonds. The normalized spacial score (nSPS) is 10.3. The Labute approximate surface area is 140 Å². The molecule has 0 spiro atoms. The van der Waals surface area contributed by atoms with Crippen LogP contribution in [0.15, 0.2) is 54.6 Å². The Bertz CT molecular complexity index is 590. The van der Waals surface area contributed by atoms with Crippen LogP contribution in [0.4, 0.5) is 4.39 Å². The Morgan fingerprint density at radius 2 is 1.83 bits per heavy atom. The summed E-state index contributed by atoms with van der Waals surface area (Å²) in [6.45, 7) is 1.14. The summed E-state index contributed by atoms with van der Waals surface area (Å²) in [4.78, 5) is 11.7. The largest absolute Gasteiger partial charge is 0.493 e. The molecule has 1 N–H and O–H groups in total. The van der Waals surface area contributed by atoms with E-state index >= 15 is 0 Å². The minimum Gasteiger partial charge on any atom is -0.493 e. The highest BCUT2D eigenvalue weighted by Gasteiger charge is 2.02. The zero-order chi connectivity index (χ0) is 16.3. The Hall–Kier alpha value is -2.01. The second-order valence-electron chi connectivity index (χ2n) is 4.94. The molecule has 2 aromatic carbocycles. The standard InChI is InChI=1S/C18H20FNO2S/c19-16-8-6-15(7-9-16)10-11-20-18(21)14-23-13-12-22-17-4-2-1-3-5-17/h1-9H,10-14H2,(H,20,21). The molecular formula is C18H20FNO2S. The van der Waals surface area contributed by atoms with Gasteiger partial charge in [0, 0.05) is 12.3 Å². The molecule has 0 heterocycles. The number of nitrogens with one attached hydrogen (secondary N) is 1. The topological polar surface area (TPSA) is 38.3 Å². The second kappa shape index (κ2) is 9.90. The molecule has 122 valence electrons. The first-order valence-electron chi connectivity index (χ1n) is 7.51. The summed E-state index contributed by atoms with van der Waals surface area (Å²) >= 11 is 1.54. The Balaban J connectivity index is 1.51. The number of carbonyl (C=O) groups excluding carboxylic acids is 1. The van der Waals surface area contributed by atoms with E-state index in [1.807, 2.05) is 30.3 Å². The predicted molar refractivity (Wildman–Crippen MR) is 92.4 cm³/mol. The minimum absolute atomic E-state index is 0.0109. The highest BCUT2D eigenvalue weighted by Crippen LogP contribution is 2.09. The summed E-state index contributed by atoms with van der Waals surface area (Å²) in [6, 6.07) is 15.9. The monoisotopic (exact) mass is 333 g/mol.